The maximum absolute atomic E-state index is 11.9. The van der Waals surface area contributed by atoms with Gasteiger partial charge in [0.05, 0.1) is 23.1 Å². The molecule has 3 N–H and O–H groups in total. The molecule has 0 radical (unpaired) electrons. The van der Waals surface area contributed by atoms with Crippen LogP contribution in [-0.4, -0.2) is 21.7 Å². The Morgan fingerprint density at radius 1 is 1.44 bits per heavy atom. The highest BCUT2D eigenvalue weighted by Crippen LogP contribution is 2.22. The zero-order valence-corrected chi connectivity index (χ0v) is 11.9. The molecule has 1 heterocycles. The molecule has 1 aromatic rings. The summed E-state index contributed by atoms with van der Waals surface area (Å²) in [5.74, 6) is -0.133. The van der Waals surface area contributed by atoms with E-state index in [4.69, 9.17) is 5.73 Å². The lowest BCUT2D eigenvalue weighted by atomic mass is 10.1. The summed E-state index contributed by atoms with van der Waals surface area (Å²) in [5, 5.41) is 7.32. The fourth-order valence-electron chi connectivity index (χ4n) is 2.00. The first-order valence-electron chi connectivity index (χ1n) is 6.50. The van der Waals surface area contributed by atoms with Gasteiger partial charge >= 0.3 is 0 Å². The minimum absolute atomic E-state index is 0.133. The fourth-order valence-corrected chi connectivity index (χ4v) is 2.00. The second-order valence-corrected chi connectivity index (χ2v) is 4.97. The molecule has 18 heavy (non-hydrogen) atoms. The van der Waals surface area contributed by atoms with E-state index in [-0.39, 0.29) is 11.9 Å². The number of anilines is 1. The lowest BCUT2D eigenvalue weighted by Crippen LogP contribution is -2.35. The highest BCUT2D eigenvalue weighted by atomic mass is 16.2. The molecule has 0 aromatic carbocycles. The van der Waals surface area contributed by atoms with Crippen molar-refractivity contribution in [2.45, 2.75) is 59.5 Å². The van der Waals surface area contributed by atoms with Crippen molar-refractivity contribution in [3.05, 3.63) is 11.4 Å². The van der Waals surface area contributed by atoms with Crippen LogP contribution in [0, 0.1) is 13.8 Å². The summed E-state index contributed by atoms with van der Waals surface area (Å²) in [6, 6.07) is -0.171. The molecular weight excluding hydrogens is 228 g/mol. The van der Waals surface area contributed by atoms with Crippen molar-refractivity contribution >= 4 is 11.6 Å². The molecule has 0 unspecified atom stereocenters. The molecule has 5 nitrogen and oxygen atoms in total. The normalized spacial score (nSPS) is 12.8. The smallest absolute Gasteiger partial charge is 0.241 e. The van der Waals surface area contributed by atoms with Gasteiger partial charge in [-0.15, -0.1) is 0 Å². The van der Waals surface area contributed by atoms with Crippen molar-refractivity contribution in [2.24, 2.45) is 5.73 Å². The number of aryl methyl sites for hydroxylation is 1. The summed E-state index contributed by atoms with van der Waals surface area (Å²) in [6.07, 6.45) is 1.60. The number of hydrogen-bond donors (Lipinski definition) is 2. The Hall–Kier alpha value is -1.36. The first-order chi connectivity index (χ1) is 8.38. The molecule has 0 saturated carbocycles. The van der Waals surface area contributed by atoms with Crippen LogP contribution in [0.1, 0.15) is 51.0 Å². The Balaban J connectivity index is 2.88. The summed E-state index contributed by atoms with van der Waals surface area (Å²) >= 11 is 0. The van der Waals surface area contributed by atoms with Gasteiger partial charge < -0.3 is 11.1 Å². The Kier molecular flexibility index (Phi) is 4.90. The van der Waals surface area contributed by atoms with E-state index in [0.29, 0.717) is 6.42 Å². The second-order valence-electron chi connectivity index (χ2n) is 4.97. The second kappa shape index (κ2) is 6.00. The molecule has 5 heteroatoms. The van der Waals surface area contributed by atoms with Gasteiger partial charge in [0.25, 0.3) is 0 Å². The van der Waals surface area contributed by atoms with E-state index in [1.165, 1.54) is 0 Å². The average Bonchev–Trinajstić information content (AvgIpc) is 2.57. The van der Waals surface area contributed by atoms with Gasteiger partial charge in [0.2, 0.25) is 5.91 Å². The first kappa shape index (κ1) is 14.7. The van der Waals surface area contributed by atoms with Crippen molar-refractivity contribution in [2.75, 3.05) is 5.32 Å². The maximum atomic E-state index is 11.9. The van der Waals surface area contributed by atoms with Crippen molar-refractivity contribution in [3.63, 3.8) is 0 Å². The van der Waals surface area contributed by atoms with Gasteiger partial charge in [0, 0.05) is 6.04 Å². The third-order valence-corrected chi connectivity index (χ3v) is 3.00. The maximum Gasteiger partial charge on any atom is 0.241 e. The molecule has 1 amide bonds. The van der Waals surface area contributed by atoms with Gasteiger partial charge in [0.1, 0.15) is 0 Å². The number of carbonyl (C=O) groups excluding carboxylic acids is 1. The zero-order chi connectivity index (χ0) is 13.9. The van der Waals surface area contributed by atoms with Crippen molar-refractivity contribution < 1.29 is 4.79 Å². The van der Waals surface area contributed by atoms with E-state index in [1.54, 1.807) is 0 Å². The Labute approximate surface area is 109 Å². The van der Waals surface area contributed by atoms with Gasteiger partial charge in [-0.1, -0.05) is 13.3 Å². The third kappa shape index (κ3) is 3.10. The molecule has 1 atom stereocenters. The van der Waals surface area contributed by atoms with Crippen LogP contribution >= 0.6 is 0 Å². The fraction of sp³-hybridized carbons (Fsp3) is 0.692. The topological polar surface area (TPSA) is 72.9 Å². The summed E-state index contributed by atoms with van der Waals surface area (Å²) in [6.45, 7) is 10.00. The van der Waals surface area contributed by atoms with Crippen LogP contribution < -0.4 is 11.1 Å². The lowest BCUT2D eigenvalue weighted by Gasteiger charge is -2.12. The number of nitrogens with zero attached hydrogens (tertiary/aromatic N) is 2. The average molecular weight is 252 g/mol. The van der Waals surface area contributed by atoms with Gasteiger partial charge in [-0.3, -0.25) is 9.48 Å². The van der Waals surface area contributed by atoms with E-state index in [2.05, 4.69) is 24.3 Å². The van der Waals surface area contributed by atoms with E-state index < -0.39 is 6.04 Å². The molecule has 102 valence electrons. The molecule has 1 rings (SSSR count). The van der Waals surface area contributed by atoms with Crippen LogP contribution in [-0.2, 0) is 4.79 Å². The largest absolute Gasteiger partial charge is 0.322 e. The standard InChI is InChI=1S/C13H24N4O/c1-6-7-11(14)13(18)15-12-9(4)16-17(8(2)3)10(12)5/h8,11H,6-7,14H2,1-5H3,(H,15,18)/t11-/m0/s1. The third-order valence-electron chi connectivity index (χ3n) is 3.00. The number of nitrogens with two attached hydrogens (primary N) is 1. The van der Waals surface area contributed by atoms with Crippen molar-refractivity contribution in [3.8, 4) is 0 Å². The Morgan fingerprint density at radius 3 is 2.50 bits per heavy atom. The predicted octanol–water partition coefficient (Wildman–Crippen LogP) is 2.15. The van der Waals surface area contributed by atoms with Gasteiger partial charge in [-0.05, 0) is 34.1 Å². The number of rotatable bonds is 5. The van der Waals surface area contributed by atoms with E-state index in [0.717, 1.165) is 23.5 Å². The summed E-state index contributed by atoms with van der Waals surface area (Å²) in [5.41, 5.74) is 8.40. The quantitative estimate of drug-likeness (QED) is 0.843. The van der Waals surface area contributed by atoms with E-state index in [9.17, 15) is 4.79 Å². The van der Waals surface area contributed by atoms with E-state index >= 15 is 0 Å². The predicted molar refractivity (Wildman–Crippen MR) is 73.6 cm³/mol. The Bertz CT molecular complexity index is 423. The monoisotopic (exact) mass is 252 g/mol. The SMILES string of the molecule is CCC[C@H](N)C(=O)Nc1c(C)nn(C(C)C)c1C. The summed E-state index contributed by atoms with van der Waals surface area (Å²) in [4.78, 5) is 11.9. The minimum Gasteiger partial charge on any atom is -0.322 e. The van der Waals surface area contributed by atoms with Gasteiger partial charge in [-0.2, -0.15) is 5.10 Å². The first-order valence-corrected chi connectivity index (χ1v) is 6.50. The van der Waals surface area contributed by atoms with Crippen molar-refractivity contribution in [1.82, 2.24) is 9.78 Å². The number of nitrogens with one attached hydrogen (secondary N) is 1. The Morgan fingerprint density at radius 2 is 2.06 bits per heavy atom. The zero-order valence-electron chi connectivity index (χ0n) is 11.9. The molecular formula is C13H24N4O. The van der Waals surface area contributed by atoms with Crippen LogP contribution in [0.2, 0.25) is 0 Å². The van der Waals surface area contributed by atoms with Gasteiger partial charge in [0.15, 0.2) is 0 Å². The molecule has 0 fully saturated rings. The van der Waals surface area contributed by atoms with E-state index in [1.807, 2.05) is 25.5 Å². The van der Waals surface area contributed by atoms with Crippen LogP contribution in [0.15, 0.2) is 0 Å². The highest BCUT2D eigenvalue weighted by Gasteiger charge is 2.18. The van der Waals surface area contributed by atoms with Crippen molar-refractivity contribution in [1.29, 1.82) is 0 Å². The number of carbonyl (C=O) groups is 1. The summed E-state index contributed by atoms with van der Waals surface area (Å²) < 4.78 is 1.91. The molecule has 0 spiro atoms. The van der Waals surface area contributed by atoms with Crippen LogP contribution in [0.25, 0.3) is 0 Å². The molecule has 0 aliphatic rings. The molecule has 0 aliphatic carbocycles. The van der Waals surface area contributed by atoms with Crippen LogP contribution in [0.4, 0.5) is 5.69 Å². The number of amides is 1. The minimum atomic E-state index is -0.448. The molecule has 0 bridgehead atoms. The number of aromatic nitrogens is 2. The lowest BCUT2D eigenvalue weighted by molar-refractivity contribution is -0.117. The molecule has 0 saturated heterocycles. The number of hydrogen-bond acceptors (Lipinski definition) is 3. The van der Waals surface area contributed by atoms with Crippen LogP contribution in [0.3, 0.4) is 0 Å². The van der Waals surface area contributed by atoms with Gasteiger partial charge in [-0.25, -0.2) is 0 Å². The van der Waals surface area contributed by atoms with Crippen LogP contribution in [0.5, 0.6) is 0 Å². The summed E-state index contributed by atoms with van der Waals surface area (Å²) in [7, 11) is 0. The molecule has 1 aromatic heterocycles. The molecule has 0 aliphatic heterocycles. The highest BCUT2D eigenvalue weighted by molar-refractivity contribution is 5.95.